The van der Waals surface area contributed by atoms with Crippen molar-refractivity contribution in [2.24, 2.45) is 7.05 Å². The van der Waals surface area contributed by atoms with Crippen molar-refractivity contribution >= 4 is 17.7 Å². The average molecular weight is 288 g/mol. The van der Waals surface area contributed by atoms with Crippen molar-refractivity contribution in [3.8, 4) is 0 Å². The fourth-order valence-corrected chi connectivity index (χ4v) is 1.92. The first-order valence-electron chi connectivity index (χ1n) is 6.47. The standard InChI is InChI=1S/C14H16N4O3/c1-4-21-14(20)11-9(2)17-18(3)12(11)16-13(19)10-7-5-6-8-15-10/h5-8H,4H2,1-3H3,(H,16,19). The monoisotopic (exact) mass is 288 g/mol. The van der Waals surface area contributed by atoms with Gasteiger partial charge >= 0.3 is 5.97 Å². The number of nitrogens with zero attached hydrogens (tertiary/aromatic N) is 3. The maximum atomic E-state index is 12.1. The molecule has 0 aromatic carbocycles. The van der Waals surface area contributed by atoms with Crippen LogP contribution < -0.4 is 5.32 Å². The third-order valence-corrected chi connectivity index (χ3v) is 2.83. The predicted molar refractivity (Wildman–Crippen MR) is 76.1 cm³/mol. The van der Waals surface area contributed by atoms with Gasteiger partial charge in [-0.25, -0.2) is 4.79 Å². The van der Waals surface area contributed by atoms with Crippen LogP contribution in [-0.2, 0) is 11.8 Å². The topological polar surface area (TPSA) is 86.1 Å². The number of amides is 1. The van der Waals surface area contributed by atoms with Crippen LogP contribution >= 0.6 is 0 Å². The van der Waals surface area contributed by atoms with Gasteiger partial charge in [0.15, 0.2) is 0 Å². The smallest absolute Gasteiger partial charge is 0.343 e. The molecular weight excluding hydrogens is 272 g/mol. The molecule has 21 heavy (non-hydrogen) atoms. The maximum Gasteiger partial charge on any atom is 0.343 e. The normalized spacial score (nSPS) is 10.2. The van der Waals surface area contributed by atoms with E-state index >= 15 is 0 Å². The van der Waals surface area contributed by atoms with Crippen LogP contribution in [0.4, 0.5) is 5.82 Å². The second-order valence-electron chi connectivity index (χ2n) is 4.32. The van der Waals surface area contributed by atoms with E-state index in [-0.39, 0.29) is 17.9 Å². The zero-order valence-corrected chi connectivity index (χ0v) is 12.1. The highest BCUT2D eigenvalue weighted by Gasteiger charge is 2.23. The Balaban J connectivity index is 2.32. The van der Waals surface area contributed by atoms with Gasteiger partial charge in [0.25, 0.3) is 5.91 Å². The zero-order valence-electron chi connectivity index (χ0n) is 12.1. The number of aryl methyl sites for hydroxylation is 2. The first kappa shape index (κ1) is 14.7. The third-order valence-electron chi connectivity index (χ3n) is 2.83. The quantitative estimate of drug-likeness (QED) is 0.863. The largest absolute Gasteiger partial charge is 0.462 e. The summed E-state index contributed by atoms with van der Waals surface area (Å²) < 4.78 is 6.42. The van der Waals surface area contributed by atoms with Gasteiger partial charge in [0.05, 0.1) is 12.3 Å². The van der Waals surface area contributed by atoms with Crippen molar-refractivity contribution in [3.05, 3.63) is 41.3 Å². The Kier molecular flexibility index (Phi) is 4.32. The molecule has 2 aromatic heterocycles. The highest BCUT2D eigenvalue weighted by atomic mass is 16.5. The fourth-order valence-electron chi connectivity index (χ4n) is 1.92. The van der Waals surface area contributed by atoms with E-state index < -0.39 is 11.9 Å². The molecule has 2 rings (SSSR count). The van der Waals surface area contributed by atoms with Crippen molar-refractivity contribution in [1.29, 1.82) is 0 Å². The molecule has 0 aliphatic heterocycles. The number of carbonyl (C=O) groups excluding carboxylic acids is 2. The van der Waals surface area contributed by atoms with Crippen molar-refractivity contribution < 1.29 is 14.3 Å². The molecule has 1 amide bonds. The Hall–Kier alpha value is -2.70. The van der Waals surface area contributed by atoms with E-state index in [1.54, 1.807) is 39.1 Å². The lowest BCUT2D eigenvalue weighted by Gasteiger charge is -2.08. The maximum absolute atomic E-state index is 12.1. The molecule has 0 unspecified atom stereocenters. The van der Waals surface area contributed by atoms with E-state index in [9.17, 15) is 9.59 Å². The summed E-state index contributed by atoms with van der Waals surface area (Å²) in [5, 5.41) is 6.80. The summed E-state index contributed by atoms with van der Waals surface area (Å²) in [6.07, 6.45) is 1.52. The molecule has 110 valence electrons. The lowest BCUT2D eigenvalue weighted by molar-refractivity contribution is 0.0526. The lowest BCUT2D eigenvalue weighted by atomic mass is 10.2. The zero-order chi connectivity index (χ0) is 15.4. The van der Waals surface area contributed by atoms with E-state index in [1.807, 2.05) is 0 Å². The third kappa shape index (κ3) is 3.07. The molecule has 0 aliphatic carbocycles. The molecule has 0 saturated carbocycles. The molecule has 0 radical (unpaired) electrons. The minimum absolute atomic E-state index is 0.251. The SMILES string of the molecule is CCOC(=O)c1c(C)nn(C)c1NC(=O)c1ccccn1. The molecule has 0 bridgehead atoms. The van der Waals surface area contributed by atoms with Gasteiger partial charge in [-0.05, 0) is 26.0 Å². The number of pyridine rings is 1. The number of esters is 1. The Morgan fingerprint density at radius 1 is 1.38 bits per heavy atom. The minimum atomic E-state index is -0.514. The molecular formula is C14H16N4O3. The number of ether oxygens (including phenoxy) is 1. The van der Waals surface area contributed by atoms with Gasteiger partial charge < -0.3 is 10.1 Å². The second kappa shape index (κ2) is 6.17. The van der Waals surface area contributed by atoms with Crippen LogP contribution in [0.3, 0.4) is 0 Å². The summed E-state index contributed by atoms with van der Waals surface area (Å²) >= 11 is 0. The van der Waals surface area contributed by atoms with Crippen molar-refractivity contribution in [2.75, 3.05) is 11.9 Å². The van der Waals surface area contributed by atoms with E-state index in [4.69, 9.17) is 4.74 Å². The molecule has 2 heterocycles. The van der Waals surface area contributed by atoms with E-state index in [1.165, 1.54) is 10.9 Å². The lowest BCUT2D eigenvalue weighted by Crippen LogP contribution is -2.18. The Bertz CT molecular complexity index is 664. The van der Waals surface area contributed by atoms with Crippen LogP contribution in [0.1, 0.15) is 33.5 Å². The predicted octanol–water partition coefficient (Wildman–Crippen LogP) is 1.55. The summed E-state index contributed by atoms with van der Waals surface area (Å²) in [6.45, 7) is 3.65. The van der Waals surface area contributed by atoms with Crippen molar-refractivity contribution in [2.45, 2.75) is 13.8 Å². The Labute approximate surface area is 121 Å². The molecule has 7 heteroatoms. The summed E-state index contributed by atoms with van der Waals surface area (Å²) in [5.74, 6) is -0.634. The second-order valence-corrected chi connectivity index (χ2v) is 4.32. The molecule has 0 saturated heterocycles. The summed E-state index contributed by atoms with van der Waals surface area (Å²) in [4.78, 5) is 28.1. The number of hydrogen-bond donors (Lipinski definition) is 1. The van der Waals surface area contributed by atoms with Crippen LogP contribution in [0.5, 0.6) is 0 Å². The number of carbonyl (C=O) groups is 2. The van der Waals surface area contributed by atoms with Gasteiger partial charge in [-0.3, -0.25) is 14.5 Å². The summed E-state index contributed by atoms with van der Waals surface area (Å²) in [7, 11) is 1.64. The molecule has 0 atom stereocenters. The van der Waals surface area contributed by atoms with E-state index in [0.717, 1.165) is 0 Å². The first-order chi connectivity index (χ1) is 10.0. The molecule has 7 nitrogen and oxygen atoms in total. The van der Waals surface area contributed by atoms with E-state index in [0.29, 0.717) is 11.5 Å². The van der Waals surface area contributed by atoms with Gasteiger partial charge in [-0.2, -0.15) is 5.10 Å². The fraction of sp³-hybridized carbons (Fsp3) is 0.286. The van der Waals surface area contributed by atoms with Gasteiger partial charge in [0.1, 0.15) is 17.1 Å². The molecule has 0 aliphatic rings. The van der Waals surface area contributed by atoms with Crippen LogP contribution in [-0.4, -0.2) is 33.2 Å². The van der Waals surface area contributed by atoms with Crippen LogP contribution in [0.15, 0.2) is 24.4 Å². The Morgan fingerprint density at radius 2 is 2.14 bits per heavy atom. The number of hydrogen-bond acceptors (Lipinski definition) is 5. The number of anilines is 1. The van der Waals surface area contributed by atoms with Gasteiger partial charge in [-0.1, -0.05) is 6.07 Å². The number of nitrogens with one attached hydrogen (secondary N) is 1. The highest BCUT2D eigenvalue weighted by Crippen LogP contribution is 2.20. The minimum Gasteiger partial charge on any atom is -0.462 e. The van der Waals surface area contributed by atoms with Gasteiger partial charge in [0, 0.05) is 13.2 Å². The average Bonchev–Trinajstić information content (AvgIpc) is 2.74. The molecule has 1 N–H and O–H groups in total. The molecule has 0 fully saturated rings. The van der Waals surface area contributed by atoms with Gasteiger partial charge in [0.2, 0.25) is 0 Å². The number of rotatable bonds is 4. The summed E-state index contributed by atoms with van der Waals surface area (Å²) in [6, 6.07) is 5.01. The highest BCUT2D eigenvalue weighted by molar-refractivity contribution is 6.06. The summed E-state index contributed by atoms with van der Waals surface area (Å²) in [5.41, 5.74) is 1.00. The Morgan fingerprint density at radius 3 is 2.76 bits per heavy atom. The van der Waals surface area contributed by atoms with Crippen LogP contribution in [0.2, 0.25) is 0 Å². The number of aromatic nitrogens is 3. The molecule has 0 spiro atoms. The first-order valence-corrected chi connectivity index (χ1v) is 6.47. The van der Waals surface area contributed by atoms with Crippen molar-refractivity contribution in [1.82, 2.24) is 14.8 Å². The van der Waals surface area contributed by atoms with Crippen LogP contribution in [0, 0.1) is 6.92 Å². The van der Waals surface area contributed by atoms with Gasteiger partial charge in [-0.15, -0.1) is 0 Å². The van der Waals surface area contributed by atoms with E-state index in [2.05, 4.69) is 15.4 Å². The van der Waals surface area contributed by atoms with Crippen LogP contribution in [0.25, 0.3) is 0 Å². The molecule has 2 aromatic rings. The van der Waals surface area contributed by atoms with Crippen molar-refractivity contribution in [3.63, 3.8) is 0 Å².